The summed E-state index contributed by atoms with van der Waals surface area (Å²) in [5.41, 5.74) is -1.55. The van der Waals surface area contributed by atoms with Gasteiger partial charge in [0.25, 0.3) is 0 Å². The smallest absolute Gasteiger partial charge is 0.408 e. The van der Waals surface area contributed by atoms with Crippen LogP contribution in [0.4, 0.5) is 4.79 Å². The molecule has 2 unspecified atom stereocenters. The van der Waals surface area contributed by atoms with Crippen molar-refractivity contribution < 1.29 is 33.8 Å². The Bertz CT molecular complexity index is 559. The Morgan fingerprint density at radius 1 is 1.07 bits per heavy atom. The van der Waals surface area contributed by atoms with E-state index in [0.29, 0.717) is 12.8 Å². The SMILES string of the molecule is CC(C)(C)OC(=O)CC(NC(=O)OC(C)(C)C)C(=O)N1CCCC1C(=O)O. The second-order valence-corrected chi connectivity index (χ2v) is 8.52. The monoisotopic (exact) mass is 386 g/mol. The van der Waals surface area contributed by atoms with Crippen molar-refractivity contribution in [3.05, 3.63) is 0 Å². The van der Waals surface area contributed by atoms with Gasteiger partial charge in [-0.05, 0) is 54.4 Å². The van der Waals surface area contributed by atoms with Crippen LogP contribution >= 0.6 is 0 Å². The van der Waals surface area contributed by atoms with Gasteiger partial charge in [0.1, 0.15) is 23.3 Å². The predicted molar refractivity (Wildman–Crippen MR) is 96.0 cm³/mol. The maximum absolute atomic E-state index is 12.8. The largest absolute Gasteiger partial charge is 0.480 e. The average molecular weight is 386 g/mol. The van der Waals surface area contributed by atoms with E-state index in [4.69, 9.17) is 9.47 Å². The second-order valence-electron chi connectivity index (χ2n) is 8.52. The highest BCUT2D eigenvalue weighted by Crippen LogP contribution is 2.20. The first-order valence-corrected chi connectivity index (χ1v) is 8.94. The van der Waals surface area contributed by atoms with Crippen LogP contribution in [0.1, 0.15) is 60.8 Å². The molecule has 0 aliphatic carbocycles. The summed E-state index contributed by atoms with van der Waals surface area (Å²) in [6.07, 6.45) is -0.422. The molecule has 9 heteroatoms. The fraction of sp³-hybridized carbons (Fsp3) is 0.778. The van der Waals surface area contributed by atoms with Crippen molar-refractivity contribution in [1.29, 1.82) is 0 Å². The molecule has 2 N–H and O–H groups in total. The summed E-state index contributed by atoms with van der Waals surface area (Å²) in [7, 11) is 0. The first-order valence-electron chi connectivity index (χ1n) is 8.94. The Labute approximate surface area is 159 Å². The third-order valence-electron chi connectivity index (χ3n) is 3.60. The molecule has 1 fully saturated rings. The van der Waals surface area contributed by atoms with E-state index in [2.05, 4.69) is 5.32 Å². The molecule has 1 heterocycles. The number of likely N-dealkylation sites (tertiary alicyclic amines) is 1. The lowest BCUT2D eigenvalue weighted by Crippen LogP contribution is -2.53. The molecule has 2 atom stereocenters. The predicted octanol–water partition coefficient (Wildman–Crippen LogP) is 1.69. The minimum Gasteiger partial charge on any atom is -0.480 e. The molecular weight excluding hydrogens is 356 g/mol. The van der Waals surface area contributed by atoms with E-state index in [1.54, 1.807) is 41.5 Å². The Morgan fingerprint density at radius 3 is 2.11 bits per heavy atom. The molecule has 27 heavy (non-hydrogen) atoms. The summed E-state index contributed by atoms with van der Waals surface area (Å²) in [4.78, 5) is 49.7. The fourth-order valence-corrected chi connectivity index (χ4v) is 2.69. The lowest BCUT2D eigenvalue weighted by Gasteiger charge is -2.28. The Kier molecular flexibility index (Phi) is 7.22. The number of alkyl carbamates (subject to hydrolysis) is 1. The number of carboxylic acids is 1. The number of carboxylic acid groups (broad SMARTS) is 1. The molecule has 0 bridgehead atoms. The van der Waals surface area contributed by atoms with Crippen molar-refractivity contribution in [2.24, 2.45) is 0 Å². The first kappa shape index (κ1) is 22.7. The van der Waals surface area contributed by atoms with E-state index in [9.17, 15) is 24.3 Å². The van der Waals surface area contributed by atoms with Crippen LogP contribution in [0.5, 0.6) is 0 Å². The Hall–Kier alpha value is -2.32. The van der Waals surface area contributed by atoms with Crippen LogP contribution in [0.15, 0.2) is 0 Å². The molecule has 0 saturated carbocycles. The number of carbonyl (C=O) groups is 4. The van der Waals surface area contributed by atoms with Crippen molar-refractivity contribution in [2.45, 2.75) is 84.1 Å². The maximum Gasteiger partial charge on any atom is 0.408 e. The molecule has 154 valence electrons. The molecule has 1 aliphatic heterocycles. The third-order valence-corrected chi connectivity index (χ3v) is 3.60. The number of esters is 1. The number of hydrogen-bond donors (Lipinski definition) is 2. The maximum atomic E-state index is 12.8. The number of rotatable bonds is 5. The molecular formula is C18H30N2O7. The van der Waals surface area contributed by atoms with Crippen molar-refractivity contribution in [3.63, 3.8) is 0 Å². The van der Waals surface area contributed by atoms with E-state index >= 15 is 0 Å². The molecule has 1 saturated heterocycles. The van der Waals surface area contributed by atoms with Crippen LogP contribution in [0, 0.1) is 0 Å². The molecule has 0 aromatic rings. The van der Waals surface area contributed by atoms with Gasteiger partial charge < -0.3 is 24.8 Å². The average Bonchev–Trinajstić information content (AvgIpc) is 2.90. The second kappa shape index (κ2) is 8.58. The van der Waals surface area contributed by atoms with Gasteiger partial charge in [-0.1, -0.05) is 0 Å². The lowest BCUT2D eigenvalue weighted by atomic mass is 10.1. The van der Waals surface area contributed by atoms with Crippen LogP contribution in [0.25, 0.3) is 0 Å². The van der Waals surface area contributed by atoms with E-state index in [1.807, 2.05) is 0 Å². The van der Waals surface area contributed by atoms with Gasteiger partial charge in [-0.3, -0.25) is 9.59 Å². The highest BCUT2D eigenvalue weighted by atomic mass is 16.6. The van der Waals surface area contributed by atoms with Gasteiger partial charge in [0, 0.05) is 6.54 Å². The summed E-state index contributed by atoms with van der Waals surface area (Å²) in [5.74, 6) is -2.44. The molecule has 2 amide bonds. The van der Waals surface area contributed by atoms with Crippen molar-refractivity contribution >= 4 is 23.9 Å². The van der Waals surface area contributed by atoms with Gasteiger partial charge >= 0.3 is 18.0 Å². The number of ether oxygens (including phenoxy) is 2. The van der Waals surface area contributed by atoms with Gasteiger partial charge in [0.15, 0.2) is 0 Å². The van der Waals surface area contributed by atoms with Crippen LogP contribution in [-0.2, 0) is 23.9 Å². The molecule has 1 aliphatic rings. The third kappa shape index (κ3) is 7.84. The first-order chi connectivity index (χ1) is 12.2. The van der Waals surface area contributed by atoms with Crippen molar-refractivity contribution in [3.8, 4) is 0 Å². The Morgan fingerprint density at radius 2 is 1.63 bits per heavy atom. The molecule has 9 nitrogen and oxygen atoms in total. The summed E-state index contributed by atoms with van der Waals surface area (Å²) in [5, 5.41) is 11.7. The van der Waals surface area contributed by atoms with Gasteiger partial charge in [-0.15, -0.1) is 0 Å². The lowest BCUT2D eigenvalue weighted by molar-refractivity contribution is -0.157. The van der Waals surface area contributed by atoms with Gasteiger partial charge in [-0.2, -0.15) is 0 Å². The standard InChI is InChI=1S/C18H30N2O7/c1-17(2,3)26-13(21)10-11(19-16(25)27-18(4,5)6)14(22)20-9-7-8-12(20)15(23)24/h11-12H,7-10H2,1-6H3,(H,19,25)(H,23,24). The quantitative estimate of drug-likeness (QED) is 0.689. The number of hydrogen-bond acceptors (Lipinski definition) is 6. The van der Waals surface area contributed by atoms with Gasteiger partial charge in [0.05, 0.1) is 6.42 Å². The summed E-state index contributed by atoms with van der Waals surface area (Å²) in [6.45, 7) is 10.3. The minimum absolute atomic E-state index is 0.247. The van der Waals surface area contributed by atoms with E-state index in [-0.39, 0.29) is 6.54 Å². The molecule has 0 aromatic carbocycles. The van der Waals surface area contributed by atoms with Crippen LogP contribution < -0.4 is 5.32 Å². The minimum atomic E-state index is -1.27. The number of nitrogens with zero attached hydrogens (tertiary/aromatic N) is 1. The number of carbonyl (C=O) groups excluding carboxylic acids is 3. The number of amides is 2. The number of nitrogens with one attached hydrogen (secondary N) is 1. The van der Waals surface area contributed by atoms with Crippen LogP contribution in [0.2, 0.25) is 0 Å². The highest BCUT2D eigenvalue weighted by Gasteiger charge is 2.39. The molecule has 0 radical (unpaired) electrons. The highest BCUT2D eigenvalue weighted by molar-refractivity contribution is 5.92. The van der Waals surface area contributed by atoms with E-state index in [0.717, 1.165) is 0 Å². The van der Waals surface area contributed by atoms with Gasteiger partial charge in [0.2, 0.25) is 5.91 Å². The normalized spacial score (nSPS) is 18.6. The van der Waals surface area contributed by atoms with E-state index < -0.39 is 53.6 Å². The van der Waals surface area contributed by atoms with E-state index in [1.165, 1.54) is 4.90 Å². The molecule has 0 aromatic heterocycles. The topological polar surface area (TPSA) is 122 Å². The van der Waals surface area contributed by atoms with Crippen molar-refractivity contribution in [1.82, 2.24) is 10.2 Å². The van der Waals surface area contributed by atoms with Crippen LogP contribution in [-0.4, -0.2) is 63.8 Å². The Balaban J connectivity index is 2.95. The number of aliphatic carboxylic acids is 1. The van der Waals surface area contributed by atoms with Crippen molar-refractivity contribution in [2.75, 3.05) is 6.54 Å². The zero-order chi connectivity index (χ0) is 21.0. The zero-order valence-corrected chi connectivity index (χ0v) is 16.8. The zero-order valence-electron chi connectivity index (χ0n) is 16.8. The fourth-order valence-electron chi connectivity index (χ4n) is 2.69. The summed E-state index contributed by atoms with van der Waals surface area (Å²) < 4.78 is 10.4. The molecule has 1 rings (SSSR count). The van der Waals surface area contributed by atoms with Gasteiger partial charge in [-0.25, -0.2) is 9.59 Å². The summed E-state index contributed by atoms with van der Waals surface area (Å²) >= 11 is 0. The molecule has 0 spiro atoms. The van der Waals surface area contributed by atoms with Crippen LogP contribution in [0.3, 0.4) is 0 Å². The summed E-state index contributed by atoms with van der Waals surface area (Å²) in [6, 6.07) is -2.24.